The molecule has 1 aliphatic heterocycles. The van der Waals surface area contributed by atoms with Crippen molar-refractivity contribution in [2.75, 3.05) is 19.6 Å². The van der Waals surface area contributed by atoms with Gasteiger partial charge in [0.2, 0.25) is 5.91 Å². The van der Waals surface area contributed by atoms with Gasteiger partial charge >= 0.3 is 6.18 Å². The summed E-state index contributed by atoms with van der Waals surface area (Å²) in [6, 6.07) is 3.53. The SMILES string of the molecule is CC(C)N1CCN(C(=O)Cc2ccc(F)cc2)CC1C(F)(F)F. The average Bonchev–Trinajstić information content (AvgIpc) is 2.48. The van der Waals surface area contributed by atoms with Crippen molar-refractivity contribution < 1.29 is 22.4 Å². The predicted molar refractivity (Wildman–Crippen MR) is 78.4 cm³/mol. The lowest BCUT2D eigenvalue weighted by Crippen LogP contribution is -2.61. The van der Waals surface area contributed by atoms with Crippen molar-refractivity contribution >= 4 is 5.91 Å². The third-order valence-corrected chi connectivity index (χ3v) is 4.08. The highest BCUT2D eigenvalue weighted by atomic mass is 19.4. The number of carbonyl (C=O) groups excluding carboxylic acids is 1. The van der Waals surface area contributed by atoms with Gasteiger partial charge in [-0.2, -0.15) is 13.2 Å². The van der Waals surface area contributed by atoms with Gasteiger partial charge in [-0.05, 0) is 31.5 Å². The third-order valence-electron chi connectivity index (χ3n) is 4.08. The van der Waals surface area contributed by atoms with E-state index >= 15 is 0 Å². The van der Waals surface area contributed by atoms with E-state index in [1.807, 2.05) is 0 Å². The van der Waals surface area contributed by atoms with Crippen LogP contribution in [0.5, 0.6) is 0 Å². The minimum atomic E-state index is -4.38. The van der Waals surface area contributed by atoms with Gasteiger partial charge in [-0.1, -0.05) is 12.1 Å². The molecule has 1 atom stereocenters. The van der Waals surface area contributed by atoms with Gasteiger partial charge in [0.05, 0.1) is 6.42 Å². The first-order valence-electron chi connectivity index (χ1n) is 7.53. The Balaban J connectivity index is 2.06. The van der Waals surface area contributed by atoms with E-state index in [0.29, 0.717) is 5.56 Å². The molecule has 23 heavy (non-hydrogen) atoms. The van der Waals surface area contributed by atoms with E-state index in [4.69, 9.17) is 0 Å². The lowest BCUT2D eigenvalue weighted by atomic mass is 10.1. The smallest absolute Gasteiger partial charge is 0.339 e. The van der Waals surface area contributed by atoms with E-state index in [2.05, 4.69) is 0 Å². The Kier molecular flexibility index (Phi) is 5.29. The van der Waals surface area contributed by atoms with Crippen LogP contribution in [0.2, 0.25) is 0 Å². The molecule has 3 nitrogen and oxygen atoms in total. The number of hydrogen-bond donors (Lipinski definition) is 0. The maximum atomic E-state index is 13.2. The quantitative estimate of drug-likeness (QED) is 0.795. The zero-order valence-corrected chi connectivity index (χ0v) is 13.1. The molecule has 1 aromatic carbocycles. The van der Waals surface area contributed by atoms with Crippen molar-refractivity contribution in [2.24, 2.45) is 0 Å². The molecule has 0 aliphatic carbocycles. The number of alkyl halides is 3. The molecule has 1 aliphatic rings. The van der Waals surface area contributed by atoms with Crippen LogP contribution in [0.3, 0.4) is 0 Å². The minimum absolute atomic E-state index is 0.0213. The van der Waals surface area contributed by atoms with Crippen LogP contribution in [-0.4, -0.2) is 53.6 Å². The lowest BCUT2D eigenvalue weighted by molar-refractivity contribution is -0.202. The van der Waals surface area contributed by atoms with E-state index < -0.39 is 18.0 Å². The molecule has 0 radical (unpaired) electrons. The summed E-state index contributed by atoms with van der Waals surface area (Å²) in [7, 11) is 0. The molecule has 1 heterocycles. The Morgan fingerprint density at radius 2 is 1.83 bits per heavy atom. The monoisotopic (exact) mass is 332 g/mol. The van der Waals surface area contributed by atoms with Gasteiger partial charge in [-0.25, -0.2) is 4.39 Å². The molecule has 0 saturated carbocycles. The molecule has 1 amide bonds. The lowest BCUT2D eigenvalue weighted by Gasteiger charge is -2.44. The van der Waals surface area contributed by atoms with E-state index in [1.165, 1.54) is 34.1 Å². The molecular formula is C16H20F4N2O. The standard InChI is InChI=1S/C16H20F4N2O/c1-11(2)22-8-7-21(10-14(22)16(18,19)20)15(23)9-12-3-5-13(17)6-4-12/h3-6,11,14H,7-10H2,1-2H3. The predicted octanol–water partition coefficient (Wildman–Crippen LogP) is 2.85. The van der Waals surface area contributed by atoms with Crippen LogP contribution in [0.25, 0.3) is 0 Å². The van der Waals surface area contributed by atoms with Gasteiger partial charge in [0.1, 0.15) is 11.9 Å². The van der Waals surface area contributed by atoms with Gasteiger partial charge in [-0.3, -0.25) is 9.69 Å². The molecule has 1 unspecified atom stereocenters. The van der Waals surface area contributed by atoms with Crippen molar-refractivity contribution in [1.29, 1.82) is 0 Å². The maximum Gasteiger partial charge on any atom is 0.405 e. The Bertz CT molecular complexity index is 542. The molecule has 0 aromatic heterocycles. The highest BCUT2D eigenvalue weighted by Gasteiger charge is 2.47. The first-order valence-corrected chi connectivity index (χ1v) is 7.53. The van der Waals surface area contributed by atoms with Gasteiger partial charge < -0.3 is 4.90 Å². The Morgan fingerprint density at radius 3 is 2.35 bits per heavy atom. The largest absolute Gasteiger partial charge is 0.405 e. The third kappa shape index (κ3) is 4.43. The fourth-order valence-corrected chi connectivity index (χ4v) is 2.82. The first kappa shape index (κ1) is 17.7. The number of nitrogens with zero attached hydrogens (tertiary/aromatic N) is 2. The minimum Gasteiger partial charge on any atom is -0.339 e. The fraction of sp³-hybridized carbons (Fsp3) is 0.562. The van der Waals surface area contributed by atoms with Crippen LogP contribution in [0.4, 0.5) is 17.6 Å². The summed E-state index contributed by atoms with van der Waals surface area (Å²) < 4.78 is 52.6. The van der Waals surface area contributed by atoms with Crippen LogP contribution in [0, 0.1) is 5.82 Å². The normalized spacial score (nSPS) is 20.1. The molecule has 128 valence electrons. The summed E-state index contributed by atoms with van der Waals surface area (Å²) in [5.41, 5.74) is 0.589. The summed E-state index contributed by atoms with van der Waals surface area (Å²) >= 11 is 0. The molecule has 2 rings (SSSR count). The van der Waals surface area contributed by atoms with Gasteiger partial charge in [-0.15, -0.1) is 0 Å². The molecule has 1 fully saturated rings. The summed E-state index contributed by atoms with van der Waals surface area (Å²) in [4.78, 5) is 14.9. The number of hydrogen-bond acceptors (Lipinski definition) is 2. The highest BCUT2D eigenvalue weighted by molar-refractivity contribution is 5.79. The van der Waals surface area contributed by atoms with Gasteiger partial charge in [0.25, 0.3) is 0 Å². The molecule has 0 spiro atoms. The van der Waals surface area contributed by atoms with Crippen LogP contribution < -0.4 is 0 Å². The Labute approximate surface area is 132 Å². The first-order chi connectivity index (χ1) is 10.7. The maximum absolute atomic E-state index is 13.2. The van der Waals surface area contributed by atoms with Crippen LogP contribution in [0.1, 0.15) is 19.4 Å². The Hall–Kier alpha value is -1.63. The van der Waals surface area contributed by atoms with Gasteiger partial charge in [0.15, 0.2) is 0 Å². The molecule has 7 heteroatoms. The topological polar surface area (TPSA) is 23.6 Å². The second-order valence-corrected chi connectivity index (χ2v) is 6.03. The zero-order valence-electron chi connectivity index (χ0n) is 13.1. The number of amides is 1. The number of halogens is 4. The number of carbonyl (C=O) groups is 1. The zero-order chi connectivity index (χ0) is 17.2. The second-order valence-electron chi connectivity index (χ2n) is 6.03. The van der Waals surface area contributed by atoms with Crippen molar-refractivity contribution in [3.63, 3.8) is 0 Å². The number of piperazine rings is 1. The van der Waals surface area contributed by atoms with Crippen LogP contribution in [-0.2, 0) is 11.2 Å². The fourth-order valence-electron chi connectivity index (χ4n) is 2.82. The molecule has 1 aromatic rings. The van der Waals surface area contributed by atoms with Crippen LogP contribution >= 0.6 is 0 Å². The molecule has 0 N–H and O–H groups in total. The van der Waals surface area contributed by atoms with Crippen molar-refractivity contribution in [2.45, 2.75) is 38.5 Å². The molecule has 1 saturated heterocycles. The van der Waals surface area contributed by atoms with Crippen LogP contribution in [0.15, 0.2) is 24.3 Å². The summed E-state index contributed by atoms with van der Waals surface area (Å²) in [5, 5.41) is 0. The van der Waals surface area contributed by atoms with Crippen molar-refractivity contribution in [3.8, 4) is 0 Å². The summed E-state index contributed by atoms with van der Waals surface area (Å²) in [6.07, 6.45) is -4.40. The molecule has 0 bridgehead atoms. The molecular weight excluding hydrogens is 312 g/mol. The Morgan fingerprint density at radius 1 is 1.22 bits per heavy atom. The van der Waals surface area contributed by atoms with E-state index in [9.17, 15) is 22.4 Å². The average molecular weight is 332 g/mol. The number of rotatable bonds is 3. The van der Waals surface area contributed by atoms with E-state index in [0.717, 1.165) is 0 Å². The number of benzene rings is 1. The van der Waals surface area contributed by atoms with E-state index in [-0.39, 0.29) is 38.0 Å². The van der Waals surface area contributed by atoms with Gasteiger partial charge in [0, 0.05) is 25.7 Å². The van der Waals surface area contributed by atoms with E-state index in [1.54, 1.807) is 13.8 Å². The summed E-state index contributed by atoms with van der Waals surface area (Å²) in [5.74, 6) is -0.779. The second kappa shape index (κ2) is 6.86. The van der Waals surface area contributed by atoms with Crippen molar-refractivity contribution in [1.82, 2.24) is 9.80 Å². The van der Waals surface area contributed by atoms with Crippen molar-refractivity contribution in [3.05, 3.63) is 35.6 Å². The summed E-state index contributed by atoms with van der Waals surface area (Å²) in [6.45, 7) is 3.53. The highest BCUT2D eigenvalue weighted by Crippen LogP contribution is 2.29.